The molecule has 2 aliphatic heterocycles. The SMILES string of the molecule is CC(=O)OC[C@@]1(C)CCC[C@@]2(C)[C@H]3CC[C@](C)(C4CO4)O[C@@]3(C)C[C@@H](OC(C)=O)[C@@H]12. The van der Waals surface area contributed by atoms with Crippen molar-refractivity contribution in [1.29, 1.82) is 0 Å². The van der Waals surface area contributed by atoms with E-state index in [4.69, 9.17) is 18.9 Å². The Kier molecular flexibility index (Phi) is 5.29. The molecule has 2 heterocycles. The summed E-state index contributed by atoms with van der Waals surface area (Å²) in [6.45, 7) is 13.1. The average molecular weight is 423 g/mol. The van der Waals surface area contributed by atoms with Crippen LogP contribution in [0.3, 0.4) is 0 Å². The molecule has 2 saturated heterocycles. The molecule has 0 N–H and O–H groups in total. The maximum atomic E-state index is 12.1. The molecule has 4 rings (SSSR count). The number of fused-ring (bicyclic) bond motifs is 3. The molecule has 6 heteroatoms. The Morgan fingerprint density at radius 1 is 1.00 bits per heavy atom. The maximum Gasteiger partial charge on any atom is 0.302 e. The van der Waals surface area contributed by atoms with Gasteiger partial charge < -0.3 is 18.9 Å². The third kappa shape index (κ3) is 3.58. The molecule has 0 spiro atoms. The molecule has 0 aromatic carbocycles. The van der Waals surface area contributed by atoms with Gasteiger partial charge in [0, 0.05) is 31.6 Å². The summed E-state index contributed by atoms with van der Waals surface area (Å²) in [6, 6.07) is 0. The summed E-state index contributed by atoms with van der Waals surface area (Å²) >= 11 is 0. The van der Waals surface area contributed by atoms with Gasteiger partial charge in [0.1, 0.15) is 12.2 Å². The zero-order valence-corrected chi connectivity index (χ0v) is 19.4. The van der Waals surface area contributed by atoms with Gasteiger partial charge in [-0.15, -0.1) is 0 Å². The Bertz CT molecular complexity index is 718. The topological polar surface area (TPSA) is 74.4 Å². The third-order valence-corrected chi connectivity index (χ3v) is 8.77. The van der Waals surface area contributed by atoms with Crippen LogP contribution in [-0.2, 0) is 28.5 Å². The summed E-state index contributed by atoms with van der Waals surface area (Å²) < 4.78 is 24.0. The van der Waals surface area contributed by atoms with Crippen LogP contribution in [0.2, 0.25) is 0 Å². The summed E-state index contributed by atoms with van der Waals surface area (Å²) in [5.41, 5.74) is -0.915. The first-order chi connectivity index (χ1) is 13.9. The Labute approximate surface area is 180 Å². The van der Waals surface area contributed by atoms with E-state index in [1.807, 2.05) is 0 Å². The highest BCUT2D eigenvalue weighted by atomic mass is 16.6. The molecule has 4 aliphatic rings. The lowest BCUT2D eigenvalue weighted by molar-refractivity contribution is -0.295. The first kappa shape index (κ1) is 22.1. The van der Waals surface area contributed by atoms with E-state index >= 15 is 0 Å². The van der Waals surface area contributed by atoms with Crippen LogP contribution >= 0.6 is 0 Å². The molecule has 0 amide bonds. The number of rotatable bonds is 4. The average Bonchev–Trinajstić information content (AvgIpc) is 3.43. The normalized spacial score (nSPS) is 50.1. The number of ether oxygens (including phenoxy) is 4. The molecule has 0 bridgehead atoms. The molecule has 0 aromatic heterocycles. The lowest BCUT2D eigenvalue weighted by Crippen LogP contribution is -2.68. The van der Waals surface area contributed by atoms with E-state index in [0.717, 1.165) is 38.7 Å². The molecule has 0 radical (unpaired) electrons. The molecule has 170 valence electrons. The number of hydrogen-bond donors (Lipinski definition) is 0. The van der Waals surface area contributed by atoms with E-state index in [-0.39, 0.29) is 52.1 Å². The van der Waals surface area contributed by atoms with E-state index in [1.165, 1.54) is 13.8 Å². The molecule has 0 aromatic rings. The van der Waals surface area contributed by atoms with Crippen molar-refractivity contribution in [3.8, 4) is 0 Å². The smallest absolute Gasteiger partial charge is 0.302 e. The number of epoxide rings is 1. The third-order valence-electron chi connectivity index (χ3n) is 8.77. The van der Waals surface area contributed by atoms with Crippen LogP contribution in [0.5, 0.6) is 0 Å². The van der Waals surface area contributed by atoms with Crippen molar-refractivity contribution in [2.45, 2.75) is 103 Å². The van der Waals surface area contributed by atoms with Gasteiger partial charge in [-0.05, 0) is 50.9 Å². The summed E-state index contributed by atoms with van der Waals surface area (Å²) in [7, 11) is 0. The highest BCUT2D eigenvalue weighted by Crippen LogP contribution is 2.66. The van der Waals surface area contributed by atoms with E-state index < -0.39 is 0 Å². The van der Waals surface area contributed by atoms with Gasteiger partial charge in [0.15, 0.2) is 0 Å². The first-order valence-corrected chi connectivity index (χ1v) is 11.5. The Balaban J connectivity index is 1.71. The molecule has 6 nitrogen and oxygen atoms in total. The molecule has 1 unspecified atom stereocenters. The van der Waals surface area contributed by atoms with Crippen LogP contribution in [0.1, 0.15) is 80.1 Å². The minimum Gasteiger partial charge on any atom is -0.465 e. The highest BCUT2D eigenvalue weighted by molar-refractivity contribution is 5.66. The number of carbonyl (C=O) groups excluding carboxylic acids is 2. The van der Waals surface area contributed by atoms with E-state index in [2.05, 4.69) is 27.7 Å². The Hall–Kier alpha value is -1.14. The fourth-order valence-electron chi connectivity index (χ4n) is 7.74. The van der Waals surface area contributed by atoms with Crippen LogP contribution < -0.4 is 0 Å². The fraction of sp³-hybridized carbons (Fsp3) is 0.917. The molecule has 2 saturated carbocycles. The predicted molar refractivity (Wildman–Crippen MR) is 111 cm³/mol. The number of esters is 2. The van der Waals surface area contributed by atoms with Gasteiger partial charge in [-0.2, -0.15) is 0 Å². The number of hydrogen-bond acceptors (Lipinski definition) is 6. The van der Waals surface area contributed by atoms with Gasteiger partial charge in [0.2, 0.25) is 0 Å². The first-order valence-electron chi connectivity index (χ1n) is 11.5. The molecule has 30 heavy (non-hydrogen) atoms. The summed E-state index contributed by atoms with van der Waals surface area (Å²) in [6.07, 6.45) is 5.78. The van der Waals surface area contributed by atoms with E-state index in [0.29, 0.717) is 18.9 Å². The second-order valence-electron chi connectivity index (χ2n) is 11.3. The Morgan fingerprint density at radius 2 is 1.70 bits per heavy atom. The summed E-state index contributed by atoms with van der Waals surface area (Å²) in [5, 5.41) is 0. The van der Waals surface area contributed by atoms with Crippen molar-refractivity contribution in [2.24, 2.45) is 22.7 Å². The van der Waals surface area contributed by atoms with Crippen molar-refractivity contribution >= 4 is 11.9 Å². The van der Waals surface area contributed by atoms with Crippen molar-refractivity contribution in [1.82, 2.24) is 0 Å². The van der Waals surface area contributed by atoms with E-state index in [9.17, 15) is 9.59 Å². The lowest BCUT2D eigenvalue weighted by atomic mass is 9.43. The lowest BCUT2D eigenvalue weighted by Gasteiger charge is -2.67. The van der Waals surface area contributed by atoms with Crippen LogP contribution in [-0.4, -0.2) is 48.6 Å². The van der Waals surface area contributed by atoms with E-state index in [1.54, 1.807) is 0 Å². The van der Waals surface area contributed by atoms with Gasteiger partial charge in [0.25, 0.3) is 0 Å². The van der Waals surface area contributed by atoms with Crippen molar-refractivity contribution in [3.05, 3.63) is 0 Å². The molecule has 2 aliphatic carbocycles. The van der Waals surface area contributed by atoms with Crippen molar-refractivity contribution in [3.63, 3.8) is 0 Å². The highest BCUT2D eigenvalue weighted by Gasteiger charge is 2.67. The zero-order valence-electron chi connectivity index (χ0n) is 19.4. The molecule has 8 atom stereocenters. The maximum absolute atomic E-state index is 12.1. The predicted octanol–water partition coefficient (Wildman–Crippen LogP) is 4.04. The molecular weight excluding hydrogens is 384 g/mol. The van der Waals surface area contributed by atoms with Crippen molar-refractivity contribution < 1.29 is 28.5 Å². The van der Waals surface area contributed by atoms with Gasteiger partial charge in [0.05, 0.1) is 24.4 Å². The molecule has 4 fully saturated rings. The van der Waals surface area contributed by atoms with Crippen LogP contribution in [0.15, 0.2) is 0 Å². The van der Waals surface area contributed by atoms with Crippen LogP contribution in [0, 0.1) is 22.7 Å². The van der Waals surface area contributed by atoms with Crippen LogP contribution in [0.25, 0.3) is 0 Å². The second kappa shape index (κ2) is 7.19. The zero-order chi connectivity index (χ0) is 21.9. The van der Waals surface area contributed by atoms with Gasteiger partial charge in [-0.3, -0.25) is 9.59 Å². The van der Waals surface area contributed by atoms with Gasteiger partial charge >= 0.3 is 11.9 Å². The quantitative estimate of drug-likeness (QED) is 0.503. The minimum absolute atomic E-state index is 0.0496. The largest absolute Gasteiger partial charge is 0.465 e. The standard InChI is InChI=1S/C24H38O6/c1-15(25)28-14-21(3)9-7-10-22(4)18-8-11-23(5,19-13-27-19)30-24(18,6)12-17(20(21)22)29-16(2)26/h17-20H,7-14H2,1-6H3/t17-,18-,19?,20+,21-,22+,23-,24+/m1/s1. The molecular formula is C24H38O6. The second-order valence-corrected chi connectivity index (χ2v) is 11.3. The number of carbonyl (C=O) groups is 2. The fourth-order valence-corrected chi connectivity index (χ4v) is 7.74. The van der Waals surface area contributed by atoms with Gasteiger partial charge in [-0.1, -0.05) is 20.3 Å². The van der Waals surface area contributed by atoms with Gasteiger partial charge in [-0.25, -0.2) is 0 Å². The van der Waals surface area contributed by atoms with Crippen molar-refractivity contribution in [2.75, 3.05) is 13.2 Å². The Morgan fingerprint density at radius 3 is 2.30 bits per heavy atom. The summed E-state index contributed by atoms with van der Waals surface area (Å²) in [5.74, 6) is -0.0147. The minimum atomic E-state index is -0.371. The van der Waals surface area contributed by atoms with Crippen LogP contribution in [0.4, 0.5) is 0 Å². The monoisotopic (exact) mass is 422 g/mol. The summed E-state index contributed by atoms with van der Waals surface area (Å²) in [4.78, 5) is 23.7.